The summed E-state index contributed by atoms with van der Waals surface area (Å²) in [6.07, 6.45) is 4.33. The van der Waals surface area contributed by atoms with Crippen LogP contribution in [0.4, 0.5) is 11.5 Å². The van der Waals surface area contributed by atoms with Crippen LogP contribution in [0.3, 0.4) is 0 Å². The highest BCUT2D eigenvalue weighted by molar-refractivity contribution is 5.52. The van der Waals surface area contributed by atoms with Crippen molar-refractivity contribution in [1.82, 2.24) is 4.98 Å². The van der Waals surface area contributed by atoms with E-state index >= 15 is 0 Å². The zero-order chi connectivity index (χ0) is 10.3. The molecule has 1 aromatic heterocycles. The van der Waals surface area contributed by atoms with Gasteiger partial charge >= 0.3 is 0 Å². The Bertz CT molecular complexity index is 359. The van der Waals surface area contributed by atoms with Crippen molar-refractivity contribution in [3.05, 3.63) is 18.3 Å². The molecule has 2 N–H and O–H groups in total. The zero-order valence-electron chi connectivity index (χ0n) is 8.65. The molecule has 3 rings (SSSR count). The lowest BCUT2D eigenvalue weighted by Gasteiger charge is -2.37. The molecule has 4 nitrogen and oxygen atoms in total. The van der Waals surface area contributed by atoms with Crippen LogP contribution >= 0.6 is 0 Å². The Labute approximate surface area is 89.0 Å². The van der Waals surface area contributed by atoms with E-state index in [9.17, 15) is 0 Å². The minimum absolute atomic E-state index is 0.274. The van der Waals surface area contributed by atoms with Crippen molar-refractivity contribution < 1.29 is 4.74 Å². The summed E-state index contributed by atoms with van der Waals surface area (Å²) in [5.74, 6) is 0.580. The van der Waals surface area contributed by atoms with Gasteiger partial charge in [-0.1, -0.05) is 0 Å². The Balaban J connectivity index is 1.89. The van der Waals surface area contributed by atoms with Crippen LogP contribution in [0.5, 0.6) is 0 Å². The molecule has 0 radical (unpaired) electrons. The number of aromatic nitrogens is 1. The predicted molar refractivity (Wildman–Crippen MR) is 58.8 cm³/mol. The molecular formula is C11H15N3O. The van der Waals surface area contributed by atoms with Gasteiger partial charge in [0.1, 0.15) is 5.82 Å². The second-order valence-corrected chi connectivity index (χ2v) is 4.37. The summed E-state index contributed by atoms with van der Waals surface area (Å²) in [4.78, 5) is 6.56. The number of nitrogen functional groups attached to an aromatic ring is 1. The first-order valence-corrected chi connectivity index (χ1v) is 5.37. The van der Waals surface area contributed by atoms with Crippen molar-refractivity contribution in [3.8, 4) is 0 Å². The molecule has 1 aromatic rings. The highest BCUT2D eigenvalue weighted by Gasteiger charge is 2.50. The Morgan fingerprint density at radius 3 is 2.93 bits per heavy atom. The second kappa shape index (κ2) is 3.10. The van der Waals surface area contributed by atoms with Crippen molar-refractivity contribution in [2.24, 2.45) is 0 Å². The largest absolute Gasteiger partial charge is 0.384 e. The van der Waals surface area contributed by atoms with Crippen LogP contribution in [-0.4, -0.2) is 30.3 Å². The molecule has 0 aromatic carbocycles. The lowest BCUT2D eigenvalue weighted by Crippen LogP contribution is -2.47. The quantitative estimate of drug-likeness (QED) is 0.744. The molecule has 0 atom stereocenters. The van der Waals surface area contributed by atoms with E-state index in [1.807, 2.05) is 18.3 Å². The van der Waals surface area contributed by atoms with Gasteiger partial charge < -0.3 is 15.4 Å². The Kier molecular flexibility index (Phi) is 1.85. The fraction of sp³-hybridized carbons (Fsp3) is 0.545. The van der Waals surface area contributed by atoms with E-state index in [1.165, 1.54) is 18.5 Å². The lowest BCUT2D eigenvalue weighted by molar-refractivity contribution is 0.0864. The molecule has 15 heavy (non-hydrogen) atoms. The summed E-state index contributed by atoms with van der Waals surface area (Å²) in [6, 6.07) is 3.91. The minimum atomic E-state index is 0.274. The van der Waals surface area contributed by atoms with Crippen LogP contribution < -0.4 is 10.6 Å². The first-order valence-electron chi connectivity index (χ1n) is 5.37. The maximum Gasteiger partial charge on any atom is 0.123 e. The first-order chi connectivity index (χ1) is 7.30. The third-order valence-electron chi connectivity index (χ3n) is 3.31. The van der Waals surface area contributed by atoms with Gasteiger partial charge in [-0.25, -0.2) is 4.98 Å². The molecule has 2 heterocycles. The first kappa shape index (κ1) is 8.97. The van der Waals surface area contributed by atoms with Crippen LogP contribution in [0.15, 0.2) is 18.3 Å². The van der Waals surface area contributed by atoms with Crippen LogP contribution in [0, 0.1) is 0 Å². The Hall–Kier alpha value is -1.29. The highest BCUT2D eigenvalue weighted by Crippen LogP contribution is 2.45. The van der Waals surface area contributed by atoms with E-state index in [4.69, 9.17) is 10.5 Å². The van der Waals surface area contributed by atoms with Crippen LogP contribution in [0.1, 0.15) is 12.8 Å². The summed E-state index contributed by atoms with van der Waals surface area (Å²) in [5.41, 5.74) is 7.03. The number of morpholine rings is 1. The van der Waals surface area contributed by atoms with E-state index in [1.54, 1.807) is 0 Å². The molecule has 1 spiro atoms. The Morgan fingerprint density at radius 1 is 1.40 bits per heavy atom. The molecule has 2 fully saturated rings. The molecule has 2 aliphatic rings. The number of hydrogen-bond acceptors (Lipinski definition) is 4. The van der Waals surface area contributed by atoms with E-state index in [2.05, 4.69) is 9.88 Å². The van der Waals surface area contributed by atoms with Crippen LogP contribution in [0.25, 0.3) is 0 Å². The molecule has 1 saturated heterocycles. The topological polar surface area (TPSA) is 51.4 Å². The molecule has 0 amide bonds. The molecular weight excluding hydrogens is 190 g/mol. The summed E-state index contributed by atoms with van der Waals surface area (Å²) in [6.45, 7) is 2.63. The monoisotopic (exact) mass is 205 g/mol. The molecule has 80 valence electrons. The number of pyridine rings is 1. The van der Waals surface area contributed by atoms with Gasteiger partial charge in [0, 0.05) is 6.54 Å². The number of hydrogen-bond donors (Lipinski definition) is 1. The van der Waals surface area contributed by atoms with E-state index in [-0.39, 0.29) is 5.54 Å². The van der Waals surface area contributed by atoms with Gasteiger partial charge in [0.25, 0.3) is 0 Å². The van der Waals surface area contributed by atoms with E-state index < -0.39 is 0 Å². The Morgan fingerprint density at radius 2 is 2.27 bits per heavy atom. The smallest absolute Gasteiger partial charge is 0.123 e. The average molecular weight is 205 g/mol. The highest BCUT2D eigenvalue weighted by atomic mass is 16.5. The predicted octanol–water partition coefficient (Wildman–Crippen LogP) is 1.03. The van der Waals surface area contributed by atoms with Crippen molar-refractivity contribution in [2.75, 3.05) is 30.4 Å². The van der Waals surface area contributed by atoms with Gasteiger partial charge in [-0.05, 0) is 25.0 Å². The molecule has 1 aliphatic heterocycles. The number of nitrogens with zero attached hydrogens (tertiary/aromatic N) is 2. The number of nitrogens with two attached hydrogens (primary N) is 1. The van der Waals surface area contributed by atoms with Gasteiger partial charge in [-0.15, -0.1) is 0 Å². The molecule has 1 saturated carbocycles. The fourth-order valence-electron chi connectivity index (χ4n) is 2.25. The molecule has 0 bridgehead atoms. The summed E-state index contributed by atoms with van der Waals surface area (Å²) >= 11 is 0. The van der Waals surface area contributed by atoms with E-state index in [0.29, 0.717) is 5.82 Å². The standard InChI is InChI=1S/C11H15N3O/c12-10-2-1-9(7-13-10)14-5-6-15-8-11(14)3-4-11/h1-2,7H,3-6,8H2,(H2,12,13). The number of ether oxygens (including phenoxy) is 1. The zero-order valence-corrected chi connectivity index (χ0v) is 8.65. The second-order valence-electron chi connectivity index (χ2n) is 4.37. The molecule has 1 aliphatic carbocycles. The van der Waals surface area contributed by atoms with Crippen molar-refractivity contribution in [1.29, 1.82) is 0 Å². The normalized spacial score (nSPS) is 23.1. The maximum absolute atomic E-state index is 5.59. The average Bonchev–Trinajstić information content (AvgIpc) is 3.01. The molecule has 0 unspecified atom stereocenters. The van der Waals surface area contributed by atoms with Crippen molar-refractivity contribution in [2.45, 2.75) is 18.4 Å². The third-order valence-corrected chi connectivity index (χ3v) is 3.31. The maximum atomic E-state index is 5.59. The summed E-state index contributed by atoms with van der Waals surface area (Å²) in [5, 5.41) is 0. The van der Waals surface area contributed by atoms with Gasteiger partial charge in [0.05, 0.1) is 30.6 Å². The number of rotatable bonds is 1. The van der Waals surface area contributed by atoms with Gasteiger partial charge in [-0.3, -0.25) is 0 Å². The SMILES string of the molecule is Nc1ccc(N2CCOCC23CC3)cn1. The van der Waals surface area contributed by atoms with Crippen molar-refractivity contribution >= 4 is 11.5 Å². The fourth-order valence-corrected chi connectivity index (χ4v) is 2.25. The third kappa shape index (κ3) is 1.45. The van der Waals surface area contributed by atoms with Gasteiger partial charge in [0.2, 0.25) is 0 Å². The lowest BCUT2D eigenvalue weighted by atomic mass is 10.2. The minimum Gasteiger partial charge on any atom is -0.384 e. The number of anilines is 2. The van der Waals surface area contributed by atoms with Crippen LogP contribution in [-0.2, 0) is 4.74 Å². The van der Waals surface area contributed by atoms with Crippen molar-refractivity contribution in [3.63, 3.8) is 0 Å². The summed E-state index contributed by atoms with van der Waals surface area (Å²) < 4.78 is 5.54. The van der Waals surface area contributed by atoms with E-state index in [0.717, 1.165) is 19.8 Å². The molecule has 4 heteroatoms. The van der Waals surface area contributed by atoms with Crippen LogP contribution in [0.2, 0.25) is 0 Å². The van der Waals surface area contributed by atoms with Gasteiger partial charge in [-0.2, -0.15) is 0 Å². The summed E-state index contributed by atoms with van der Waals surface area (Å²) in [7, 11) is 0. The van der Waals surface area contributed by atoms with Gasteiger partial charge in [0.15, 0.2) is 0 Å².